The number of nitrogens with two attached hydrogens (primary N) is 1. The van der Waals surface area contributed by atoms with E-state index in [0.29, 0.717) is 17.8 Å². The number of rotatable bonds is 1. The van der Waals surface area contributed by atoms with Crippen LogP contribution in [0.4, 0.5) is 24.5 Å². The molecule has 19 heavy (non-hydrogen) atoms. The van der Waals surface area contributed by atoms with Crippen molar-refractivity contribution in [2.75, 3.05) is 30.8 Å². The number of nitrogens with zero attached hydrogens (tertiary/aromatic N) is 2. The summed E-state index contributed by atoms with van der Waals surface area (Å²) >= 11 is 0. The van der Waals surface area contributed by atoms with Crippen molar-refractivity contribution >= 4 is 11.4 Å². The number of likely N-dealkylation sites (N-methyl/N-ethyl adjacent to an activating group) is 1. The van der Waals surface area contributed by atoms with Crippen molar-refractivity contribution in [2.24, 2.45) is 0 Å². The Kier molecular flexibility index (Phi) is 2.67. The fraction of sp³-hybridized carbons (Fsp3) is 0.538. The first-order chi connectivity index (χ1) is 8.84. The Morgan fingerprint density at radius 3 is 2.42 bits per heavy atom. The fourth-order valence-electron chi connectivity index (χ4n) is 3.15. The van der Waals surface area contributed by atoms with E-state index in [0.717, 1.165) is 25.6 Å². The third-order valence-corrected chi connectivity index (χ3v) is 4.11. The third kappa shape index (κ3) is 2.14. The molecule has 0 amide bonds. The predicted molar refractivity (Wildman–Crippen MR) is 68.0 cm³/mol. The van der Waals surface area contributed by atoms with Gasteiger partial charge in [-0.05, 0) is 31.7 Å². The summed E-state index contributed by atoms with van der Waals surface area (Å²) in [5.41, 5.74) is 5.70. The SMILES string of the molecule is CN1C[C@@H]2CC1CN2c1cc(N)cc(C(F)(F)F)c1. The summed E-state index contributed by atoms with van der Waals surface area (Å²) in [6, 6.07) is 4.58. The summed E-state index contributed by atoms with van der Waals surface area (Å²) in [7, 11) is 2.06. The van der Waals surface area contributed by atoms with Crippen LogP contribution in [-0.2, 0) is 6.18 Å². The molecule has 2 aliphatic rings. The van der Waals surface area contributed by atoms with Crippen LogP contribution in [0, 0.1) is 0 Å². The second-order valence-electron chi connectivity index (χ2n) is 5.45. The minimum atomic E-state index is -4.35. The van der Waals surface area contributed by atoms with Gasteiger partial charge in [-0.3, -0.25) is 4.90 Å². The summed E-state index contributed by atoms with van der Waals surface area (Å²) in [5.74, 6) is 0. The van der Waals surface area contributed by atoms with Crippen molar-refractivity contribution < 1.29 is 13.2 Å². The van der Waals surface area contributed by atoms with E-state index in [1.54, 1.807) is 6.07 Å². The number of likely N-dealkylation sites (tertiary alicyclic amines) is 1. The van der Waals surface area contributed by atoms with Crippen LogP contribution >= 0.6 is 0 Å². The van der Waals surface area contributed by atoms with E-state index >= 15 is 0 Å². The van der Waals surface area contributed by atoms with E-state index in [1.807, 2.05) is 0 Å². The molecule has 0 aromatic heterocycles. The Morgan fingerprint density at radius 2 is 1.89 bits per heavy atom. The molecule has 2 heterocycles. The van der Waals surface area contributed by atoms with Gasteiger partial charge in [-0.25, -0.2) is 0 Å². The zero-order valence-corrected chi connectivity index (χ0v) is 10.6. The smallest absolute Gasteiger partial charge is 0.399 e. The maximum absolute atomic E-state index is 12.8. The highest BCUT2D eigenvalue weighted by molar-refractivity contribution is 5.60. The molecular formula is C13H16F3N3. The molecule has 2 saturated heterocycles. The summed E-state index contributed by atoms with van der Waals surface area (Å²) in [5, 5.41) is 0. The quantitative estimate of drug-likeness (QED) is 0.795. The molecular weight excluding hydrogens is 255 g/mol. The minimum absolute atomic E-state index is 0.168. The maximum atomic E-state index is 12.8. The van der Waals surface area contributed by atoms with Crippen molar-refractivity contribution in [3.05, 3.63) is 23.8 Å². The standard InChI is InChI=1S/C13H16F3N3/c1-18-6-12-5-11(18)7-19(12)10-3-8(13(14,15)16)2-9(17)4-10/h2-4,11-12H,5-7,17H2,1H3/t11?,12-/m0/s1. The molecule has 104 valence electrons. The lowest BCUT2D eigenvalue weighted by Gasteiger charge is -2.34. The molecule has 0 aliphatic carbocycles. The average Bonchev–Trinajstić information content (AvgIpc) is 2.85. The van der Waals surface area contributed by atoms with Crippen molar-refractivity contribution in [1.29, 1.82) is 0 Å². The van der Waals surface area contributed by atoms with Gasteiger partial charge in [0.2, 0.25) is 0 Å². The number of alkyl halides is 3. The van der Waals surface area contributed by atoms with Gasteiger partial charge < -0.3 is 10.6 Å². The Balaban J connectivity index is 1.92. The monoisotopic (exact) mass is 271 g/mol. The van der Waals surface area contributed by atoms with Crippen LogP contribution in [0.2, 0.25) is 0 Å². The highest BCUT2D eigenvalue weighted by Gasteiger charge is 2.42. The summed E-state index contributed by atoms with van der Waals surface area (Å²) in [4.78, 5) is 4.31. The van der Waals surface area contributed by atoms with Crippen LogP contribution < -0.4 is 10.6 Å². The third-order valence-electron chi connectivity index (χ3n) is 4.11. The van der Waals surface area contributed by atoms with E-state index in [-0.39, 0.29) is 5.69 Å². The van der Waals surface area contributed by atoms with Gasteiger partial charge in [0, 0.05) is 36.5 Å². The lowest BCUT2D eigenvalue weighted by atomic mass is 10.1. The molecule has 6 heteroatoms. The van der Waals surface area contributed by atoms with E-state index in [4.69, 9.17) is 5.73 Å². The summed E-state index contributed by atoms with van der Waals surface area (Å²) in [6.45, 7) is 1.68. The van der Waals surface area contributed by atoms with E-state index in [2.05, 4.69) is 16.8 Å². The second-order valence-corrected chi connectivity index (χ2v) is 5.45. The number of piperazine rings is 1. The van der Waals surface area contributed by atoms with Gasteiger partial charge in [0.15, 0.2) is 0 Å². The number of hydrogen-bond acceptors (Lipinski definition) is 3. The summed E-state index contributed by atoms with van der Waals surface area (Å²) < 4.78 is 38.4. The first-order valence-electron chi connectivity index (χ1n) is 6.29. The zero-order valence-electron chi connectivity index (χ0n) is 10.6. The fourth-order valence-corrected chi connectivity index (χ4v) is 3.15. The van der Waals surface area contributed by atoms with Crippen LogP contribution in [0.1, 0.15) is 12.0 Å². The molecule has 0 radical (unpaired) electrons. The van der Waals surface area contributed by atoms with E-state index in [9.17, 15) is 13.2 Å². The number of fused-ring (bicyclic) bond motifs is 2. The van der Waals surface area contributed by atoms with Gasteiger partial charge in [-0.1, -0.05) is 0 Å². The second kappa shape index (κ2) is 4.03. The van der Waals surface area contributed by atoms with Crippen molar-refractivity contribution in [3.63, 3.8) is 0 Å². The Labute approximate surface area is 109 Å². The van der Waals surface area contributed by atoms with Crippen LogP contribution in [0.3, 0.4) is 0 Å². The van der Waals surface area contributed by atoms with Gasteiger partial charge in [-0.15, -0.1) is 0 Å². The highest BCUT2D eigenvalue weighted by atomic mass is 19.4. The van der Waals surface area contributed by atoms with Gasteiger partial charge in [0.1, 0.15) is 0 Å². The topological polar surface area (TPSA) is 32.5 Å². The molecule has 1 aromatic carbocycles. The highest BCUT2D eigenvalue weighted by Crippen LogP contribution is 2.38. The van der Waals surface area contributed by atoms with Crippen molar-refractivity contribution in [3.8, 4) is 0 Å². The van der Waals surface area contributed by atoms with Crippen LogP contribution in [0.25, 0.3) is 0 Å². The maximum Gasteiger partial charge on any atom is 0.416 e. The molecule has 1 aromatic rings. The first-order valence-corrected chi connectivity index (χ1v) is 6.29. The molecule has 0 saturated carbocycles. The van der Waals surface area contributed by atoms with Gasteiger partial charge >= 0.3 is 6.18 Å². The average molecular weight is 271 g/mol. The molecule has 0 spiro atoms. The van der Waals surface area contributed by atoms with Crippen LogP contribution in [0.5, 0.6) is 0 Å². The number of nitrogen functional groups attached to an aromatic ring is 1. The van der Waals surface area contributed by atoms with Gasteiger partial charge in [0.05, 0.1) is 5.56 Å². The van der Waals surface area contributed by atoms with E-state index in [1.165, 1.54) is 6.07 Å². The number of benzene rings is 1. The number of anilines is 2. The Morgan fingerprint density at radius 1 is 1.16 bits per heavy atom. The predicted octanol–water partition coefficient (Wildman–Crippen LogP) is 2.18. The molecule has 2 N–H and O–H groups in total. The van der Waals surface area contributed by atoms with Crippen LogP contribution in [-0.4, -0.2) is 37.1 Å². The van der Waals surface area contributed by atoms with Gasteiger partial charge in [0.25, 0.3) is 0 Å². The lowest BCUT2D eigenvalue weighted by Crippen LogP contribution is -2.44. The molecule has 2 fully saturated rings. The first kappa shape index (κ1) is 12.6. The van der Waals surface area contributed by atoms with Crippen molar-refractivity contribution in [1.82, 2.24) is 4.90 Å². The van der Waals surface area contributed by atoms with Gasteiger partial charge in [-0.2, -0.15) is 13.2 Å². The number of hydrogen-bond donors (Lipinski definition) is 1. The lowest BCUT2D eigenvalue weighted by molar-refractivity contribution is -0.137. The molecule has 2 bridgehead atoms. The normalized spacial score (nSPS) is 27.3. The molecule has 3 nitrogen and oxygen atoms in total. The zero-order chi connectivity index (χ0) is 13.8. The van der Waals surface area contributed by atoms with Crippen molar-refractivity contribution in [2.45, 2.75) is 24.7 Å². The molecule has 2 atom stereocenters. The van der Waals surface area contributed by atoms with Crippen LogP contribution in [0.15, 0.2) is 18.2 Å². The number of halogens is 3. The summed E-state index contributed by atoms with van der Waals surface area (Å²) in [6.07, 6.45) is -3.33. The van der Waals surface area contributed by atoms with E-state index < -0.39 is 11.7 Å². The Bertz CT molecular complexity index is 498. The Hall–Kier alpha value is -1.43. The molecule has 2 aliphatic heterocycles. The molecule has 3 rings (SSSR count). The largest absolute Gasteiger partial charge is 0.416 e. The minimum Gasteiger partial charge on any atom is -0.399 e. The molecule has 1 unspecified atom stereocenters.